The predicted molar refractivity (Wildman–Crippen MR) is 103 cm³/mol. The van der Waals surface area contributed by atoms with Crippen LogP contribution < -0.4 is 5.32 Å². The molecule has 2 aliphatic rings. The molecule has 8 heteroatoms. The molecule has 4 heterocycles. The van der Waals surface area contributed by atoms with Gasteiger partial charge in [0.1, 0.15) is 11.5 Å². The molecule has 2 fully saturated rings. The van der Waals surface area contributed by atoms with E-state index in [0.29, 0.717) is 23.3 Å². The topological polar surface area (TPSA) is 93.4 Å². The Morgan fingerprint density at radius 2 is 1.89 bits per heavy atom. The van der Waals surface area contributed by atoms with Crippen LogP contribution in [-0.4, -0.2) is 58.1 Å². The van der Waals surface area contributed by atoms with Crippen LogP contribution in [-0.2, 0) is 9.53 Å². The maximum atomic E-state index is 12.6. The van der Waals surface area contributed by atoms with E-state index in [1.807, 2.05) is 12.1 Å². The fourth-order valence-corrected chi connectivity index (χ4v) is 3.85. The van der Waals surface area contributed by atoms with Crippen molar-refractivity contribution in [1.82, 2.24) is 19.9 Å². The highest BCUT2D eigenvalue weighted by Gasteiger charge is 2.38. The lowest BCUT2D eigenvalue weighted by molar-refractivity contribution is -0.125. The van der Waals surface area contributed by atoms with Crippen molar-refractivity contribution in [2.75, 3.05) is 31.6 Å². The summed E-state index contributed by atoms with van der Waals surface area (Å²) < 4.78 is 10.7. The number of rotatable bonds is 4. The number of nitrogens with zero attached hydrogens (tertiary/aromatic N) is 4. The summed E-state index contributed by atoms with van der Waals surface area (Å²) >= 11 is 0. The third-order valence-electron chi connectivity index (χ3n) is 5.59. The molecule has 1 aliphatic carbocycles. The van der Waals surface area contributed by atoms with Crippen LogP contribution in [0.5, 0.6) is 0 Å². The molecule has 0 bridgehead atoms. The lowest BCUT2D eigenvalue weighted by atomic mass is 9.78. The molecule has 0 spiro atoms. The van der Waals surface area contributed by atoms with E-state index in [4.69, 9.17) is 9.15 Å². The first kappa shape index (κ1) is 17.3. The van der Waals surface area contributed by atoms with E-state index in [1.165, 1.54) is 6.39 Å². The molecule has 0 unspecified atom stereocenters. The maximum Gasteiger partial charge on any atom is 0.228 e. The van der Waals surface area contributed by atoms with Crippen molar-refractivity contribution < 1.29 is 13.9 Å². The van der Waals surface area contributed by atoms with Crippen molar-refractivity contribution in [3.8, 4) is 11.5 Å². The van der Waals surface area contributed by atoms with Gasteiger partial charge in [0.15, 0.2) is 12.2 Å². The molecule has 1 aliphatic heterocycles. The van der Waals surface area contributed by atoms with E-state index in [0.717, 1.165) is 49.9 Å². The van der Waals surface area contributed by atoms with Gasteiger partial charge >= 0.3 is 0 Å². The van der Waals surface area contributed by atoms with Crippen LogP contribution in [0.3, 0.4) is 0 Å². The highest BCUT2D eigenvalue weighted by atomic mass is 16.5. The number of morpholine rings is 1. The fraction of sp³-hybridized carbons (Fsp3) is 0.400. The van der Waals surface area contributed by atoms with Crippen molar-refractivity contribution in [2.45, 2.75) is 18.9 Å². The van der Waals surface area contributed by atoms with Crippen molar-refractivity contribution in [2.24, 2.45) is 5.92 Å². The van der Waals surface area contributed by atoms with Gasteiger partial charge in [-0.15, -0.1) is 0 Å². The zero-order chi connectivity index (χ0) is 18.9. The van der Waals surface area contributed by atoms with E-state index in [1.54, 1.807) is 18.6 Å². The molecule has 1 amide bonds. The minimum atomic E-state index is 0.0425. The standard InChI is InChI=1S/C20H21N5O3/c26-20(14-5-16(6-14)25-1-3-27-4-2-25)24-19-8-13-7-17(18-11-21-12-28-18)22-9-15(13)10-23-19/h7-12,14,16H,1-6H2,(H,23,24,26)/t14-,16-. The zero-order valence-corrected chi connectivity index (χ0v) is 15.4. The summed E-state index contributed by atoms with van der Waals surface area (Å²) in [6, 6.07) is 4.28. The van der Waals surface area contributed by atoms with E-state index in [2.05, 4.69) is 25.2 Å². The fourth-order valence-electron chi connectivity index (χ4n) is 3.85. The number of nitrogens with one attached hydrogen (secondary N) is 1. The van der Waals surface area contributed by atoms with Gasteiger partial charge in [0.05, 0.1) is 19.4 Å². The SMILES string of the molecule is O=C(Nc1cc2cc(-c3cnco3)ncc2cn1)[C@H]1C[C@H](N2CCOCC2)C1. The van der Waals surface area contributed by atoms with Gasteiger partial charge in [-0.05, 0) is 30.4 Å². The van der Waals surface area contributed by atoms with Gasteiger partial charge in [-0.2, -0.15) is 0 Å². The minimum Gasteiger partial charge on any atom is -0.442 e. The Balaban J connectivity index is 1.25. The third kappa shape index (κ3) is 3.36. The minimum absolute atomic E-state index is 0.0425. The Hall–Kier alpha value is -2.84. The van der Waals surface area contributed by atoms with Gasteiger partial charge in [0.25, 0.3) is 0 Å². The zero-order valence-electron chi connectivity index (χ0n) is 15.4. The molecule has 3 aromatic rings. The van der Waals surface area contributed by atoms with Gasteiger partial charge in [-0.1, -0.05) is 0 Å². The number of amides is 1. The summed E-state index contributed by atoms with van der Waals surface area (Å²) in [5, 5.41) is 4.80. The summed E-state index contributed by atoms with van der Waals surface area (Å²) in [5.74, 6) is 1.25. The van der Waals surface area contributed by atoms with Gasteiger partial charge in [0.2, 0.25) is 5.91 Å². The van der Waals surface area contributed by atoms with Crippen molar-refractivity contribution in [3.05, 3.63) is 37.1 Å². The second-order valence-corrected chi connectivity index (χ2v) is 7.31. The average Bonchev–Trinajstić information content (AvgIpc) is 3.22. The van der Waals surface area contributed by atoms with Gasteiger partial charge in [0, 0.05) is 42.8 Å². The van der Waals surface area contributed by atoms with Gasteiger partial charge in [-0.25, -0.2) is 9.97 Å². The molecule has 1 saturated carbocycles. The number of fused-ring (bicyclic) bond motifs is 1. The van der Waals surface area contributed by atoms with Crippen molar-refractivity contribution in [1.29, 1.82) is 0 Å². The van der Waals surface area contributed by atoms with E-state index in [-0.39, 0.29) is 11.8 Å². The number of aromatic nitrogens is 3. The van der Waals surface area contributed by atoms with Crippen molar-refractivity contribution >= 4 is 22.5 Å². The second kappa shape index (κ2) is 7.29. The van der Waals surface area contributed by atoms with E-state index >= 15 is 0 Å². The van der Waals surface area contributed by atoms with Crippen LogP contribution in [0.15, 0.2) is 41.5 Å². The Kier molecular flexibility index (Phi) is 4.50. The Morgan fingerprint density at radius 3 is 2.68 bits per heavy atom. The quantitative estimate of drug-likeness (QED) is 0.743. The number of hydrogen-bond donors (Lipinski definition) is 1. The smallest absolute Gasteiger partial charge is 0.228 e. The molecule has 1 saturated heterocycles. The maximum absolute atomic E-state index is 12.6. The normalized spacial score (nSPS) is 22.7. The van der Waals surface area contributed by atoms with E-state index in [9.17, 15) is 4.79 Å². The summed E-state index contributed by atoms with van der Waals surface area (Å²) in [7, 11) is 0. The number of pyridine rings is 2. The summed E-state index contributed by atoms with van der Waals surface area (Å²) in [5.41, 5.74) is 0.695. The Morgan fingerprint density at radius 1 is 1.07 bits per heavy atom. The molecule has 28 heavy (non-hydrogen) atoms. The van der Waals surface area contributed by atoms with Crippen LogP contribution >= 0.6 is 0 Å². The first-order chi connectivity index (χ1) is 13.8. The Bertz CT molecular complexity index is 979. The molecular formula is C20H21N5O3. The second-order valence-electron chi connectivity index (χ2n) is 7.31. The summed E-state index contributed by atoms with van der Waals surface area (Å²) in [6.45, 7) is 3.51. The number of oxazole rings is 1. The first-order valence-corrected chi connectivity index (χ1v) is 9.53. The largest absolute Gasteiger partial charge is 0.442 e. The molecule has 0 radical (unpaired) electrons. The lowest BCUT2D eigenvalue weighted by Crippen LogP contribution is -2.52. The average molecular weight is 379 g/mol. The van der Waals surface area contributed by atoms with E-state index < -0.39 is 0 Å². The summed E-state index contributed by atoms with van der Waals surface area (Å²) in [4.78, 5) is 27.7. The molecule has 0 aromatic carbocycles. The molecule has 3 aromatic heterocycles. The first-order valence-electron chi connectivity index (χ1n) is 9.53. The highest BCUT2D eigenvalue weighted by molar-refractivity contribution is 5.95. The Labute approximate surface area is 161 Å². The molecule has 1 N–H and O–H groups in total. The van der Waals surface area contributed by atoms with Crippen LogP contribution in [0.2, 0.25) is 0 Å². The predicted octanol–water partition coefficient (Wildman–Crippen LogP) is 2.33. The molecule has 144 valence electrons. The number of carbonyl (C=O) groups excluding carboxylic acids is 1. The molecular weight excluding hydrogens is 358 g/mol. The van der Waals surface area contributed by atoms with Gasteiger partial charge < -0.3 is 14.5 Å². The monoisotopic (exact) mass is 379 g/mol. The van der Waals surface area contributed by atoms with Crippen molar-refractivity contribution in [3.63, 3.8) is 0 Å². The third-order valence-corrected chi connectivity index (χ3v) is 5.59. The van der Waals surface area contributed by atoms with Crippen LogP contribution in [0.1, 0.15) is 12.8 Å². The highest BCUT2D eigenvalue weighted by Crippen LogP contribution is 2.33. The van der Waals surface area contributed by atoms with Crippen LogP contribution in [0.4, 0.5) is 5.82 Å². The molecule has 0 atom stereocenters. The van der Waals surface area contributed by atoms with Crippen LogP contribution in [0.25, 0.3) is 22.2 Å². The molecule has 5 rings (SSSR count). The summed E-state index contributed by atoms with van der Waals surface area (Å²) in [6.07, 6.45) is 8.27. The lowest BCUT2D eigenvalue weighted by Gasteiger charge is -2.43. The number of anilines is 1. The molecule has 8 nitrogen and oxygen atoms in total. The number of carbonyl (C=O) groups is 1. The number of hydrogen-bond acceptors (Lipinski definition) is 7. The van der Waals surface area contributed by atoms with Crippen LogP contribution in [0, 0.1) is 5.92 Å². The number of ether oxygens (including phenoxy) is 1. The van der Waals surface area contributed by atoms with Gasteiger partial charge in [-0.3, -0.25) is 14.7 Å².